The quantitative estimate of drug-likeness (QED) is 0.773. The van der Waals surface area contributed by atoms with Crippen LogP contribution in [0.15, 0.2) is 42.5 Å². The largest absolute Gasteiger partial charge is 0.453 e. The molecule has 5 heteroatoms. The number of fused-ring (bicyclic) bond motifs is 2. The van der Waals surface area contributed by atoms with E-state index in [1.165, 1.54) is 32.9 Å². The van der Waals surface area contributed by atoms with E-state index in [1.54, 1.807) is 23.1 Å². The summed E-state index contributed by atoms with van der Waals surface area (Å²) in [4.78, 5) is 13.5. The molecule has 4 nitrogen and oxygen atoms in total. The van der Waals surface area contributed by atoms with Gasteiger partial charge in [0.15, 0.2) is 11.5 Å². The van der Waals surface area contributed by atoms with Crippen LogP contribution in [0.3, 0.4) is 0 Å². The number of halogens is 1. The Morgan fingerprint density at radius 3 is 2.43 bits per heavy atom. The third-order valence-electron chi connectivity index (χ3n) is 3.76. The molecule has 2 aliphatic heterocycles. The molecule has 0 bridgehead atoms. The maximum Gasteiger partial charge on any atom is 0.228 e. The number of ether oxygens (including phenoxy) is 1. The van der Waals surface area contributed by atoms with Crippen molar-refractivity contribution in [1.29, 1.82) is 0 Å². The van der Waals surface area contributed by atoms with E-state index in [0.717, 1.165) is 5.69 Å². The highest BCUT2D eigenvalue weighted by atomic mass is 35.5. The van der Waals surface area contributed by atoms with Gasteiger partial charge in [0, 0.05) is 11.9 Å². The topological polar surface area (TPSA) is 41.6 Å². The predicted molar refractivity (Wildman–Crippen MR) is 92.9 cm³/mol. The number of rotatable bonds is 0. The van der Waals surface area contributed by atoms with Gasteiger partial charge in [-0.3, -0.25) is 9.69 Å². The van der Waals surface area contributed by atoms with Gasteiger partial charge in [-0.25, -0.2) is 0 Å². The number of hydrogen-bond acceptors (Lipinski definition) is 3. The molecule has 120 valence electrons. The summed E-state index contributed by atoms with van der Waals surface area (Å²) in [6.07, 6.45) is 2.78. The fourth-order valence-corrected chi connectivity index (χ4v) is 2.86. The fraction of sp³-hybridized carbons (Fsp3) is 0.278. The van der Waals surface area contributed by atoms with E-state index in [2.05, 4.69) is 5.32 Å². The van der Waals surface area contributed by atoms with Crippen molar-refractivity contribution in [2.45, 2.75) is 19.8 Å². The standard InChI is InChI=1S/C14H10ClNO2.C4H9N/c1-9(17)16-11-4-2-3-5-13(11)18-14-7-6-10(15)8-12(14)16;1-2-4-5-3-1/h2-8H,1H3;5H,1-4H2. The molecule has 0 unspecified atom stereocenters. The van der Waals surface area contributed by atoms with Gasteiger partial charge >= 0.3 is 0 Å². The van der Waals surface area contributed by atoms with Crippen LogP contribution in [0.4, 0.5) is 11.4 Å². The average molecular weight is 331 g/mol. The Balaban J connectivity index is 0.000000267. The van der Waals surface area contributed by atoms with Crippen molar-refractivity contribution in [2.24, 2.45) is 0 Å². The monoisotopic (exact) mass is 330 g/mol. The molecule has 0 saturated carbocycles. The zero-order valence-electron chi connectivity index (χ0n) is 13.0. The van der Waals surface area contributed by atoms with Crippen LogP contribution in [0.5, 0.6) is 11.5 Å². The molecule has 2 aliphatic rings. The summed E-state index contributed by atoms with van der Waals surface area (Å²) in [6, 6.07) is 12.7. The molecule has 2 heterocycles. The highest BCUT2D eigenvalue weighted by Gasteiger charge is 2.26. The number of nitrogens with zero attached hydrogens (tertiary/aromatic N) is 1. The Morgan fingerprint density at radius 1 is 1.09 bits per heavy atom. The van der Waals surface area contributed by atoms with Crippen LogP contribution in [-0.4, -0.2) is 19.0 Å². The van der Waals surface area contributed by atoms with E-state index in [0.29, 0.717) is 22.2 Å². The minimum absolute atomic E-state index is 0.0748. The van der Waals surface area contributed by atoms with Crippen molar-refractivity contribution < 1.29 is 9.53 Å². The Morgan fingerprint density at radius 2 is 1.78 bits per heavy atom. The van der Waals surface area contributed by atoms with Gasteiger partial charge in [0.25, 0.3) is 0 Å². The van der Waals surface area contributed by atoms with Crippen LogP contribution in [0, 0.1) is 0 Å². The lowest BCUT2D eigenvalue weighted by Crippen LogP contribution is -2.25. The van der Waals surface area contributed by atoms with Crippen LogP contribution < -0.4 is 15.0 Å². The molecule has 0 radical (unpaired) electrons. The van der Waals surface area contributed by atoms with Crippen LogP contribution in [0.1, 0.15) is 19.8 Å². The summed E-state index contributed by atoms with van der Waals surface area (Å²) in [5, 5.41) is 3.79. The van der Waals surface area contributed by atoms with E-state index in [9.17, 15) is 4.79 Å². The number of nitrogens with one attached hydrogen (secondary N) is 1. The molecule has 4 rings (SSSR count). The first-order chi connectivity index (χ1) is 11.2. The third kappa shape index (κ3) is 3.49. The number of hydrogen-bond donors (Lipinski definition) is 1. The first-order valence-electron chi connectivity index (χ1n) is 7.74. The summed E-state index contributed by atoms with van der Waals surface area (Å²) in [5.74, 6) is 1.23. The molecule has 1 N–H and O–H groups in total. The highest BCUT2D eigenvalue weighted by Crippen LogP contribution is 2.47. The Labute approximate surface area is 141 Å². The Hall–Kier alpha value is -2.04. The predicted octanol–water partition coefficient (Wildman–Crippen LogP) is 4.50. The van der Waals surface area contributed by atoms with Crippen molar-refractivity contribution in [3.05, 3.63) is 47.5 Å². The van der Waals surface area contributed by atoms with E-state index < -0.39 is 0 Å². The maximum absolute atomic E-state index is 11.9. The Kier molecular flexibility index (Phi) is 4.84. The summed E-state index contributed by atoms with van der Waals surface area (Å²) in [6.45, 7) is 4.02. The minimum atomic E-state index is -0.0748. The Bertz CT molecular complexity index is 706. The lowest BCUT2D eigenvalue weighted by atomic mass is 10.1. The molecule has 0 aromatic heterocycles. The zero-order chi connectivity index (χ0) is 16.2. The van der Waals surface area contributed by atoms with E-state index in [-0.39, 0.29) is 5.91 Å². The normalized spacial score (nSPS) is 15.0. The molecule has 0 spiro atoms. The minimum Gasteiger partial charge on any atom is -0.453 e. The molecular formula is C18H19ClN2O2. The number of amides is 1. The highest BCUT2D eigenvalue weighted by molar-refractivity contribution is 6.31. The maximum atomic E-state index is 11.9. The average Bonchev–Trinajstić information content (AvgIpc) is 3.12. The first-order valence-corrected chi connectivity index (χ1v) is 8.12. The summed E-state index contributed by atoms with van der Waals surface area (Å²) in [5.41, 5.74) is 1.41. The lowest BCUT2D eigenvalue weighted by Gasteiger charge is -2.30. The number of para-hydroxylation sites is 2. The van der Waals surface area contributed by atoms with Gasteiger partial charge in [0.1, 0.15) is 0 Å². The second kappa shape index (κ2) is 7.02. The second-order valence-electron chi connectivity index (χ2n) is 5.49. The van der Waals surface area contributed by atoms with Gasteiger partial charge < -0.3 is 10.1 Å². The van der Waals surface area contributed by atoms with Crippen molar-refractivity contribution in [3.63, 3.8) is 0 Å². The van der Waals surface area contributed by atoms with E-state index in [1.807, 2.05) is 24.3 Å². The third-order valence-corrected chi connectivity index (χ3v) is 4.00. The lowest BCUT2D eigenvalue weighted by molar-refractivity contribution is -0.115. The first kappa shape index (κ1) is 15.8. The molecule has 23 heavy (non-hydrogen) atoms. The van der Waals surface area contributed by atoms with Gasteiger partial charge in [-0.2, -0.15) is 0 Å². The molecule has 1 amide bonds. The molecule has 1 saturated heterocycles. The number of carbonyl (C=O) groups is 1. The number of benzene rings is 2. The number of anilines is 2. The van der Waals surface area contributed by atoms with E-state index in [4.69, 9.17) is 16.3 Å². The summed E-state index contributed by atoms with van der Waals surface area (Å²) >= 11 is 5.98. The van der Waals surface area contributed by atoms with Gasteiger partial charge in [-0.15, -0.1) is 0 Å². The van der Waals surface area contributed by atoms with Gasteiger partial charge in [0.2, 0.25) is 5.91 Å². The molecule has 1 fully saturated rings. The van der Waals surface area contributed by atoms with Crippen molar-refractivity contribution in [3.8, 4) is 11.5 Å². The van der Waals surface area contributed by atoms with Gasteiger partial charge in [-0.05, 0) is 56.3 Å². The molecular weight excluding hydrogens is 312 g/mol. The summed E-state index contributed by atoms with van der Waals surface area (Å²) in [7, 11) is 0. The molecule has 2 aromatic carbocycles. The van der Waals surface area contributed by atoms with Crippen LogP contribution in [0.2, 0.25) is 5.02 Å². The fourth-order valence-electron chi connectivity index (χ4n) is 2.69. The van der Waals surface area contributed by atoms with Crippen LogP contribution in [0.25, 0.3) is 0 Å². The van der Waals surface area contributed by atoms with Crippen molar-refractivity contribution in [1.82, 2.24) is 5.32 Å². The SMILES string of the molecule is C1CCNC1.CC(=O)N1c2ccccc2Oc2ccc(Cl)cc21. The van der Waals surface area contributed by atoms with Crippen molar-refractivity contribution >= 4 is 28.9 Å². The van der Waals surface area contributed by atoms with Crippen LogP contribution >= 0.6 is 11.6 Å². The zero-order valence-corrected chi connectivity index (χ0v) is 13.8. The smallest absolute Gasteiger partial charge is 0.228 e. The van der Waals surface area contributed by atoms with Gasteiger partial charge in [0.05, 0.1) is 11.4 Å². The number of carbonyl (C=O) groups excluding carboxylic acids is 1. The van der Waals surface area contributed by atoms with E-state index >= 15 is 0 Å². The second-order valence-corrected chi connectivity index (χ2v) is 5.93. The van der Waals surface area contributed by atoms with Crippen LogP contribution in [-0.2, 0) is 4.79 Å². The van der Waals surface area contributed by atoms with Crippen molar-refractivity contribution in [2.75, 3.05) is 18.0 Å². The van der Waals surface area contributed by atoms with Gasteiger partial charge in [-0.1, -0.05) is 23.7 Å². The molecule has 0 aliphatic carbocycles. The molecule has 0 atom stereocenters. The molecule has 2 aromatic rings. The summed E-state index contributed by atoms with van der Waals surface area (Å²) < 4.78 is 5.76.